The average Bonchev–Trinajstić information content (AvgIpc) is 2.05. The van der Waals surface area contributed by atoms with Crippen LogP contribution >= 0.6 is 15.9 Å². The molecule has 1 aromatic carbocycles. The Morgan fingerprint density at radius 2 is 2.15 bits per heavy atom. The fourth-order valence-corrected chi connectivity index (χ4v) is 1.79. The van der Waals surface area contributed by atoms with Gasteiger partial charge >= 0.3 is 0 Å². The van der Waals surface area contributed by atoms with Gasteiger partial charge in [-0.05, 0) is 17.7 Å². The quantitative estimate of drug-likeness (QED) is 0.744. The SMILES string of the molecule is FC1(F)CNc2cc(Br)ccc2C1. The molecule has 1 aliphatic heterocycles. The normalized spacial score (nSPS) is 19.0. The smallest absolute Gasteiger partial charge is 0.269 e. The van der Waals surface area contributed by atoms with E-state index in [9.17, 15) is 8.78 Å². The van der Waals surface area contributed by atoms with Crippen LogP contribution in [0.15, 0.2) is 22.7 Å². The van der Waals surface area contributed by atoms with Gasteiger partial charge in [0, 0.05) is 16.6 Å². The molecule has 0 amide bonds. The van der Waals surface area contributed by atoms with Crippen molar-refractivity contribution in [1.29, 1.82) is 0 Å². The molecule has 1 heterocycles. The summed E-state index contributed by atoms with van der Waals surface area (Å²) in [7, 11) is 0. The third kappa shape index (κ3) is 1.82. The molecule has 0 fully saturated rings. The molecular weight excluding hydrogens is 240 g/mol. The zero-order chi connectivity index (χ0) is 9.47. The van der Waals surface area contributed by atoms with Crippen molar-refractivity contribution in [2.24, 2.45) is 0 Å². The molecule has 1 nitrogen and oxygen atoms in total. The number of anilines is 1. The first kappa shape index (κ1) is 8.94. The van der Waals surface area contributed by atoms with Gasteiger partial charge in [0.25, 0.3) is 5.92 Å². The molecule has 0 spiro atoms. The van der Waals surface area contributed by atoms with Crippen LogP contribution in [0.5, 0.6) is 0 Å². The van der Waals surface area contributed by atoms with Crippen molar-refractivity contribution < 1.29 is 8.78 Å². The first-order valence-corrected chi connectivity index (χ1v) is 4.76. The highest BCUT2D eigenvalue weighted by Crippen LogP contribution is 2.32. The number of fused-ring (bicyclic) bond motifs is 1. The van der Waals surface area contributed by atoms with Crippen LogP contribution in [0.1, 0.15) is 5.56 Å². The Balaban J connectivity index is 2.37. The summed E-state index contributed by atoms with van der Waals surface area (Å²) < 4.78 is 26.7. The molecule has 0 aromatic heterocycles. The lowest BCUT2D eigenvalue weighted by Crippen LogP contribution is -2.34. The topological polar surface area (TPSA) is 12.0 Å². The molecule has 0 radical (unpaired) electrons. The largest absolute Gasteiger partial charge is 0.379 e. The molecule has 0 aliphatic carbocycles. The predicted octanol–water partition coefficient (Wildman–Crippen LogP) is 3.05. The standard InChI is InChI=1S/C9H8BrF2N/c10-7-2-1-6-4-9(11,12)5-13-8(6)3-7/h1-3,13H,4-5H2. The van der Waals surface area contributed by atoms with Gasteiger partial charge in [0.05, 0.1) is 6.54 Å². The molecule has 1 N–H and O–H groups in total. The van der Waals surface area contributed by atoms with Crippen molar-refractivity contribution in [3.05, 3.63) is 28.2 Å². The molecule has 1 aliphatic rings. The Kier molecular flexibility index (Phi) is 2.02. The number of rotatable bonds is 0. The molecule has 0 saturated heterocycles. The summed E-state index contributed by atoms with van der Waals surface area (Å²) in [6.45, 7) is -0.267. The van der Waals surface area contributed by atoms with Gasteiger partial charge in [0.2, 0.25) is 0 Å². The molecule has 2 rings (SSSR count). The summed E-state index contributed by atoms with van der Waals surface area (Å²) in [5.41, 5.74) is 1.49. The van der Waals surface area contributed by atoms with Crippen molar-refractivity contribution in [3.63, 3.8) is 0 Å². The van der Waals surface area contributed by atoms with Crippen molar-refractivity contribution in [1.82, 2.24) is 0 Å². The lowest BCUT2D eigenvalue weighted by atomic mass is 10.0. The van der Waals surface area contributed by atoms with Crippen LogP contribution in [0.2, 0.25) is 0 Å². The van der Waals surface area contributed by atoms with Gasteiger partial charge in [-0.3, -0.25) is 0 Å². The summed E-state index contributed by atoms with van der Waals surface area (Å²) in [6, 6.07) is 5.33. The summed E-state index contributed by atoms with van der Waals surface area (Å²) in [4.78, 5) is 0. The molecule has 0 unspecified atom stereocenters. The summed E-state index contributed by atoms with van der Waals surface area (Å²) in [5.74, 6) is -2.61. The molecular formula is C9H8BrF2N. The monoisotopic (exact) mass is 247 g/mol. The Labute approximate surface area is 83.3 Å². The number of alkyl halides is 2. The Hall–Kier alpha value is -0.640. The zero-order valence-electron chi connectivity index (χ0n) is 6.78. The van der Waals surface area contributed by atoms with Crippen LogP contribution < -0.4 is 5.32 Å². The van der Waals surface area contributed by atoms with Crippen LogP contribution in [0.4, 0.5) is 14.5 Å². The van der Waals surface area contributed by atoms with Crippen LogP contribution in [0.3, 0.4) is 0 Å². The Morgan fingerprint density at radius 3 is 2.92 bits per heavy atom. The second kappa shape index (κ2) is 2.94. The number of hydrogen-bond donors (Lipinski definition) is 1. The van der Waals surface area contributed by atoms with Crippen molar-refractivity contribution >= 4 is 21.6 Å². The van der Waals surface area contributed by atoms with Crippen molar-refractivity contribution in [2.75, 3.05) is 11.9 Å². The minimum Gasteiger partial charge on any atom is -0.379 e. The van der Waals surface area contributed by atoms with E-state index < -0.39 is 5.92 Å². The number of nitrogens with one attached hydrogen (secondary N) is 1. The van der Waals surface area contributed by atoms with Gasteiger partial charge in [0.15, 0.2) is 0 Å². The molecule has 0 bridgehead atoms. The van der Waals surface area contributed by atoms with E-state index in [1.54, 1.807) is 12.1 Å². The van der Waals surface area contributed by atoms with E-state index in [2.05, 4.69) is 21.2 Å². The maximum absolute atomic E-state index is 12.9. The molecule has 70 valence electrons. The summed E-state index contributed by atoms with van der Waals surface area (Å²) in [6.07, 6.45) is -0.164. The minimum atomic E-state index is -2.61. The highest BCUT2D eigenvalue weighted by atomic mass is 79.9. The second-order valence-electron chi connectivity index (χ2n) is 3.19. The first-order valence-electron chi connectivity index (χ1n) is 3.97. The molecule has 13 heavy (non-hydrogen) atoms. The molecule has 0 saturated carbocycles. The van der Waals surface area contributed by atoms with Crippen molar-refractivity contribution in [3.8, 4) is 0 Å². The van der Waals surface area contributed by atoms with E-state index in [0.29, 0.717) is 5.56 Å². The average molecular weight is 248 g/mol. The van der Waals surface area contributed by atoms with Gasteiger partial charge in [0.1, 0.15) is 0 Å². The summed E-state index contributed by atoms with van der Waals surface area (Å²) in [5, 5.41) is 2.71. The van der Waals surface area contributed by atoms with E-state index in [1.807, 2.05) is 6.07 Å². The third-order valence-electron chi connectivity index (χ3n) is 2.06. The predicted molar refractivity (Wildman–Crippen MR) is 51.3 cm³/mol. The highest BCUT2D eigenvalue weighted by molar-refractivity contribution is 9.10. The zero-order valence-corrected chi connectivity index (χ0v) is 8.37. The molecule has 4 heteroatoms. The van der Waals surface area contributed by atoms with Gasteiger partial charge < -0.3 is 5.32 Å². The Morgan fingerprint density at radius 1 is 1.38 bits per heavy atom. The lowest BCUT2D eigenvalue weighted by Gasteiger charge is -2.25. The van der Waals surface area contributed by atoms with Gasteiger partial charge in [-0.2, -0.15) is 0 Å². The third-order valence-corrected chi connectivity index (χ3v) is 2.55. The second-order valence-corrected chi connectivity index (χ2v) is 4.10. The van der Waals surface area contributed by atoms with Crippen LogP contribution in [0.25, 0.3) is 0 Å². The van der Waals surface area contributed by atoms with E-state index in [4.69, 9.17) is 0 Å². The maximum Gasteiger partial charge on any atom is 0.269 e. The van der Waals surface area contributed by atoms with Crippen LogP contribution in [-0.4, -0.2) is 12.5 Å². The maximum atomic E-state index is 12.9. The first-order chi connectivity index (χ1) is 6.07. The molecule has 0 atom stereocenters. The number of hydrogen-bond acceptors (Lipinski definition) is 1. The van der Waals surface area contributed by atoms with Crippen LogP contribution in [0, 0.1) is 0 Å². The van der Waals surface area contributed by atoms with E-state index in [1.165, 1.54) is 0 Å². The fraction of sp³-hybridized carbons (Fsp3) is 0.333. The van der Waals surface area contributed by atoms with Gasteiger partial charge in [-0.25, -0.2) is 8.78 Å². The number of halogens is 3. The van der Waals surface area contributed by atoms with Gasteiger partial charge in [-0.15, -0.1) is 0 Å². The number of benzene rings is 1. The van der Waals surface area contributed by atoms with E-state index >= 15 is 0 Å². The van der Waals surface area contributed by atoms with E-state index in [0.717, 1.165) is 10.2 Å². The highest BCUT2D eigenvalue weighted by Gasteiger charge is 2.33. The summed E-state index contributed by atoms with van der Waals surface area (Å²) >= 11 is 3.29. The van der Waals surface area contributed by atoms with Gasteiger partial charge in [-0.1, -0.05) is 22.0 Å². The van der Waals surface area contributed by atoms with Crippen molar-refractivity contribution in [2.45, 2.75) is 12.3 Å². The minimum absolute atomic E-state index is 0.164. The van der Waals surface area contributed by atoms with E-state index in [-0.39, 0.29) is 13.0 Å². The molecule has 1 aromatic rings. The fourth-order valence-electron chi connectivity index (χ4n) is 1.43. The van der Waals surface area contributed by atoms with Crippen LogP contribution in [-0.2, 0) is 6.42 Å². The lowest BCUT2D eigenvalue weighted by molar-refractivity contribution is 0.0129. The Bertz CT molecular complexity index is 338.